The summed E-state index contributed by atoms with van der Waals surface area (Å²) in [6.45, 7) is 3.98. The number of ether oxygens (including phenoxy) is 1. The van der Waals surface area contributed by atoms with Crippen LogP contribution in [0.1, 0.15) is 19.7 Å². The molecule has 1 aromatic heterocycles. The van der Waals surface area contributed by atoms with Crippen LogP contribution in [-0.4, -0.2) is 45.4 Å². The number of fused-ring (bicyclic) bond motifs is 1. The lowest BCUT2D eigenvalue weighted by atomic mass is 10.1. The van der Waals surface area contributed by atoms with Crippen molar-refractivity contribution in [2.24, 2.45) is 0 Å². The van der Waals surface area contributed by atoms with Crippen LogP contribution in [0.5, 0.6) is 5.75 Å². The Morgan fingerprint density at radius 3 is 3.00 bits per heavy atom. The third-order valence-corrected chi connectivity index (χ3v) is 5.35. The third-order valence-electron chi connectivity index (χ3n) is 3.95. The van der Waals surface area contributed by atoms with Crippen molar-refractivity contribution in [2.45, 2.75) is 31.2 Å². The number of aromatic amines is 1. The van der Waals surface area contributed by atoms with Gasteiger partial charge in [-0.15, -0.1) is 11.8 Å². The van der Waals surface area contributed by atoms with Crippen molar-refractivity contribution in [1.29, 1.82) is 0 Å². The normalized spacial score (nSPS) is 19.8. The van der Waals surface area contributed by atoms with Gasteiger partial charge in [-0.1, -0.05) is 0 Å². The molecular formula is C16H20N4O3S. The number of benzene rings is 1. The van der Waals surface area contributed by atoms with E-state index >= 15 is 0 Å². The molecule has 1 saturated heterocycles. The van der Waals surface area contributed by atoms with Crippen LogP contribution in [0, 0.1) is 0 Å². The molecule has 1 atom stereocenters. The highest BCUT2D eigenvalue weighted by Crippen LogP contribution is 2.29. The number of hydrogen-bond acceptors (Lipinski definition) is 5. The van der Waals surface area contributed by atoms with Gasteiger partial charge in [0.2, 0.25) is 11.8 Å². The quantitative estimate of drug-likeness (QED) is 0.771. The molecule has 1 aliphatic rings. The fourth-order valence-electron chi connectivity index (χ4n) is 2.42. The highest BCUT2D eigenvalue weighted by molar-refractivity contribution is 8.01. The van der Waals surface area contributed by atoms with Gasteiger partial charge in [-0.25, -0.2) is 4.98 Å². The fourth-order valence-corrected chi connectivity index (χ4v) is 3.43. The van der Waals surface area contributed by atoms with Gasteiger partial charge in [-0.2, -0.15) is 0 Å². The molecule has 1 aliphatic heterocycles. The lowest BCUT2D eigenvalue weighted by Crippen LogP contribution is -2.57. The van der Waals surface area contributed by atoms with Crippen molar-refractivity contribution in [1.82, 2.24) is 20.6 Å². The predicted octanol–water partition coefficient (Wildman–Crippen LogP) is 1.20. The molecule has 0 aliphatic carbocycles. The summed E-state index contributed by atoms with van der Waals surface area (Å²) >= 11 is 1.48. The minimum atomic E-state index is -0.514. The molecule has 8 heteroatoms. The molecule has 0 saturated carbocycles. The average molecular weight is 348 g/mol. The van der Waals surface area contributed by atoms with Gasteiger partial charge in [0.1, 0.15) is 17.6 Å². The maximum atomic E-state index is 12.2. The zero-order chi connectivity index (χ0) is 17.3. The van der Waals surface area contributed by atoms with Gasteiger partial charge in [0.15, 0.2) is 0 Å². The molecule has 128 valence electrons. The van der Waals surface area contributed by atoms with Crippen LogP contribution in [0.2, 0.25) is 0 Å². The number of nitrogens with zero attached hydrogens (tertiary/aromatic N) is 1. The number of methoxy groups -OCH3 is 1. The number of amides is 2. The SMILES string of the molecule is COc1ccc2nc(CNC(=O)[C@@H]3CSC(C)(C)C(=O)N3)[nH]c2c1. The van der Waals surface area contributed by atoms with E-state index in [1.165, 1.54) is 11.8 Å². The molecule has 2 amide bonds. The van der Waals surface area contributed by atoms with E-state index < -0.39 is 10.8 Å². The molecule has 0 bridgehead atoms. The second-order valence-electron chi connectivity index (χ2n) is 6.13. The Bertz CT molecular complexity index is 787. The number of rotatable bonds is 4. The van der Waals surface area contributed by atoms with Crippen LogP contribution in [0.15, 0.2) is 18.2 Å². The van der Waals surface area contributed by atoms with Gasteiger partial charge < -0.3 is 20.4 Å². The topological polar surface area (TPSA) is 96.1 Å². The Morgan fingerprint density at radius 1 is 1.50 bits per heavy atom. The highest BCUT2D eigenvalue weighted by Gasteiger charge is 2.37. The van der Waals surface area contributed by atoms with Gasteiger partial charge in [-0.3, -0.25) is 9.59 Å². The zero-order valence-corrected chi connectivity index (χ0v) is 14.6. The molecule has 3 rings (SSSR count). The number of imidazole rings is 1. The smallest absolute Gasteiger partial charge is 0.243 e. The third kappa shape index (κ3) is 3.33. The van der Waals surface area contributed by atoms with Gasteiger partial charge in [-0.05, 0) is 26.0 Å². The van der Waals surface area contributed by atoms with E-state index in [9.17, 15) is 9.59 Å². The van der Waals surface area contributed by atoms with Gasteiger partial charge in [0, 0.05) is 11.8 Å². The summed E-state index contributed by atoms with van der Waals surface area (Å²) in [4.78, 5) is 31.8. The highest BCUT2D eigenvalue weighted by atomic mass is 32.2. The summed E-state index contributed by atoms with van der Waals surface area (Å²) < 4.78 is 4.68. The number of thioether (sulfide) groups is 1. The van der Waals surface area contributed by atoms with Gasteiger partial charge in [0.05, 0.1) is 29.4 Å². The molecule has 1 fully saturated rings. The first-order valence-corrected chi connectivity index (χ1v) is 8.63. The molecule has 0 radical (unpaired) electrons. The van der Waals surface area contributed by atoms with Gasteiger partial charge in [0.25, 0.3) is 0 Å². The van der Waals surface area contributed by atoms with Crippen molar-refractivity contribution in [3.8, 4) is 5.75 Å². The number of aromatic nitrogens is 2. The molecule has 3 N–H and O–H groups in total. The molecule has 2 heterocycles. The second kappa shape index (κ2) is 6.35. The largest absolute Gasteiger partial charge is 0.497 e. The van der Waals surface area contributed by atoms with Crippen LogP contribution in [0.4, 0.5) is 0 Å². The maximum Gasteiger partial charge on any atom is 0.243 e. The standard InChI is InChI=1S/C16H20N4O3S/c1-16(2)15(22)20-12(8-24-16)14(21)17-7-13-18-10-5-4-9(23-3)6-11(10)19-13/h4-6,12H,7-8H2,1-3H3,(H,17,21)(H,18,19)(H,20,22)/t12-/m0/s1. The maximum absolute atomic E-state index is 12.2. The van der Waals surface area contributed by atoms with Crippen LogP contribution < -0.4 is 15.4 Å². The molecule has 2 aromatic rings. The van der Waals surface area contributed by atoms with Crippen molar-refractivity contribution in [3.05, 3.63) is 24.0 Å². The average Bonchev–Trinajstić information content (AvgIpc) is 2.97. The minimum Gasteiger partial charge on any atom is -0.497 e. The lowest BCUT2D eigenvalue weighted by molar-refractivity contribution is -0.129. The van der Waals surface area contributed by atoms with Gasteiger partial charge >= 0.3 is 0 Å². The second-order valence-corrected chi connectivity index (χ2v) is 7.77. The Kier molecular flexibility index (Phi) is 4.40. The number of carbonyl (C=O) groups is 2. The van der Waals surface area contributed by atoms with Crippen molar-refractivity contribution in [2.75, 3.05) is 12.9 Å². The molecule has 1 aromatic carbocycles. The van der Waals surface area contributed by atoms with Crippen LogP contribution in [0.25, 0.3) is 11.0 Å². The van der Waals surface area contributed by atoms with Crippen molar-refractivity contribution in [3.63, 3.8) is 0 Å². The summed E-state index contributed by atoms with van der Waals surface area (Å²) in [7, 11) is 1.61. The first-order chi connectivity index (χ1) is 11.4. The monoisotopic (exact) mass is 348 g/mol. The number of hydrogen-bond donors (Lipinski definition) is 3. The number of carbonyl (C=O) groups excluding carboxylic acids is 2. The number of H-pyrrole nitrogens is 1. The number of nitrogens with one attached hydrogen (secondary N) is 3. The zero-order valence-electron chi connectivity index (χ0n) is 13.8. The van der Waals surface area contributed by atoms with E-state index in [1.54, 1.807) is 7.11 Å². The molecule has 24 heavy (non-hydrogen) atoms. The Labute approximate surface area is 143 Å². The lowest BCUT2D eigenvalue weighted by Gasteiger charge is -2.32. The van der Waals surface area contributed by atoms with E-state index in [0.29, 0.717) is 11.6 Å². The Hall–Kier alpha value is -2.22. The fraction of sp³-hybridized carbons (Fsp3) is 0.438. The molecular weight excluding hydrogens is 328 g/mol. The Morgan fingerprint density at radius 2 is 2.29 bits per heavy atom. The van der Waals surface area contributed by atoms with Crippen molar-refractivity contribution >= 4 is 34.6 Å². The summed E-state index contributed by atoms with van der Waals surface area (Å²) in [5, 5.41) is 5.58. The van der Waals surface area contributed by atoms with E-state index in [4.69, 9.17) is 4.74 Å². The summed E-state index contributed by atoms with van der Waals surface area (Å²) in [5.74, 6) is 1.63. The van der Waals surface area contributed by atoms with Crippen molar-refractivity contribution < 1.29 is 14.3 Å². The van der Waals surface area contributed by atoms with Crippen LogP contribution >= 0.6 is 11.8 Å². The minimum absolute atomic E-state index is 0.116. The van der Waals surface area contributed by atoms with Crippen LogP contribution in [0.3, 0.4) is 0 Å². The first-order valence-electron chi connectivity index (χ1n) is 7.64. The predicted molar refractivity (Wildman–Crippen MR) is 93.0 cm³/mol. The van der Waals surface area contributed by atoms with Crippen LogP contribution in [-0.2, 0) is 16.1 Å². The summed E-state index contributed by atoms with van der Waals surface area (Å²) in [6, 6.07) is 5.03. The Balaban J connectivity index is 1.61. The first kappa shape index (κ1) is 16.6. The summed E-state index contributed by atoms with van der Waals surface area (Å²) in [6.07, 6.45) is 0. The summed E-state index contributed by atoms with van der Waals surface area (Å²) in [5.41, 5.74) is 1.66. The molecule has 7 nitrogen and oxygen atoms in total. The van der Waals surface area contributed by atoms with E-state index in [-0.39, 0.29) is 18.4 Å². The molecule has 0 spiro atoms. The van der Waals surface area contributed by atoms with E-state index in [1.807, 2.05) is 32.0 Å². The van der Waals surface area contributed by atoms with E-state index in [0.717, 1.165) is 16.8 Å². The van der Waals surface area contributed by atoms with E-state index in [2.05, 4.69) is 20.6 Å². The molecule has 0 unspecified atom stereocenters.